The number of hydrogen-bond acceptors (Lipinski definition) is 7. The summed E-state index contributed by atoms with van der Waals surface area (Å²) in [5.74, 6) is -0.901. The maximum Gasteiger partial charge on any atom is 0.254 e. The molecule has 2 aromatic heterocycles. The largest absolute Gasteiger partial charge is 0.492 e. The van der Waals surface area contributed by atoms with E-state index >= 15 is 0 Å². The molecule has 1 aliphatic rings. The topological polar surface area (TPSA) is 134 Å². The molecule has 0 unspecified atom stereocenters. The van der Waals surface area contributed by atoms with Gasteiger partial charge in [0.15, 0.2) is 5.75 Å². The molecule has 0 saturated heterocycles. The molecule has 1 fully saturated rings. The van der Waals surface area contributed by atoms with Gasteiger partial charge in [-0.05, 0) is 31.9 Å². The van der Waals surface area contributed by atoms with Gasteiger partial charge in [0.25, 0.3) is 5.91 Å². The number of ether oxygens (including phenoxy) is 1. The lowest BCUT2D eigenvalue weighted by atomic mass is 9.75. The van der Waals surface area contributed by atoms with Crippen LogP contribution in [0, 0.1) is 23.2 Å². The fourth-order valence-electron chi connectivity index (χ4n) is 3.88. The second-order valence-corrected chi connectivity index (χ2v) is 7.72. The van der Waals surface area contributed by atoms with Crippen molar-refractivity contribution in [1.82, 2.24) is 20.1 Å². The lowest BCUT2D eigenvalue weighted by Crippen LogP contribution is -2.34. The highest BCUT2D eigenvalue weighted by atomic mass is 16.5. The summed E-state index contributed by atoms with van der Waals surface area (Å²) in [4.78, 5) is 29.4. The van der Waals surface area contributed by atoms with Crippen LogP contribution in [0.1, 0.15) is 34.2 Å². The van der Waals surface area contributed by atoms with Crippen molar-refractivity contribution in [3.8, 4) is 11.8 Å². The molecule has 0 aliphatic heterocycles. The van der Waals surface area contributed by atoms with Crippen molar-refractivity contribution >= 4 is 39.9 Å². The second kappa shape index (κ2) is 9.16. The Labute approximate surface area is 195 Å². The molecule has 4 rings (SSSR count). The molecule has 0 radical (unpaired) electrons. The highest BCUT2D eigenvalue weighted by Gasteiger charge is 2.34. The van der Waals surface area contributed by atoms with Gasteiger partial charge >= 0.3 is 0 Å². The molecule has 1 saturated carbocycles. The fraction of sp³-hybridized carbons (Fsp3) is 0.348. The number of carbonyl (C=O) groups excluding carboxylic acids is 2. The lowest BCUT2D eigenvalue weighted by Gasteiger charge is -2.29. The third-order valence-electron chi connectivity index (χ3n) is 5.73. The Kier molecular flexibility index (Phi) is 5.12. The van der Waals surface area contributed by atoms with Crippen LogP contribution in [0.25, 0.3) is 10.9 Å². The summed E-state index contributed by atoms with van der Waals surface area (Å²) in [6, 6.07) is 7.19. The van der Waals surface area contributed by atoms with Crippen LogP contribution in [0.3, 0.4) is 0 Å². The lowest BCUT2D eigenvalue weighted by molar-refractivity contribution is -0.123. The van der Waals surface area contributed by atoms with Gasteiger partial charge < -0.3 is 20.7 Å². The average molecular weight is 451 g/mol. The number of nitrogens with one attached hydrogen (secondary N) is 3. The molecule has 3 N–H and O–H groups in total. The Morgan fingerprint density at radius 3 is 2.85 bits per heavy atom. The predicted octanol–water partition coefficient (Wildman–Crippen LogP) is 3.05. The van der Waals surface area contributed by atoms with Crippen LogP contribution in [0.2, 0.25) is 0 Å². The monoisotopic (exact) mass is 450 g/mol. The first-order valence-electron chi connectivity index (χ1n) is 12.0. The van der Waals surface area contributed by atoms with Gasteiger partial charge in [0.1, 0.15) is 11.3 Å². The summed E-state index contributed by atoms with van der Waals surface area (Å²) in [5, 5.41) is 22.0. The van der Waals surface area contributed by atoms with Crippen molar-refractivity contribution in [2.75, 3.05) is 24.7 Å². The number of nitriles is 1. The van der Waals surface area contributed by atoms with Crippen LogP contribution in [0.15, 0.2) is 30.6 Å². The van der Waals surface area contributed by atoms with E-state index < -0.39 is 12.9 Å². The molecule has 1 aromatic carbocycles. The molecule has 10 nitrogen and oxygen atoms in total. The van der Waals surface area contributed by atoms with Crippen LogP contribution in [0.5, 0.6) is 5.75 Å². The smallest absolute Gasteiger partial charge is 0.254 e. The summed E-state index contributed by atoms with van der Waals surface area (Å²) in [6.07, 6.45) is 3.88. The van der Waals surface area contributed by atoms with E-state index in [0.29, 0.717) is 30.8 Å². The Hall–Kier alpha value is -4.13. The molecule has 2 amide bonds. The molecule has 1 aliphatic carbocycles. The maximum absolute atomic E-state index is 12.7. The summed E-state index contributed by atoms with van der Waals surface area (Å²) >= 11 is 0. The highest BCUT2D eigenvalue weighted by molar-refractivity contribution is 6.02. The Morgan fingerprint density at radius 2 is 2.15 bits per heavy atom. The first-order valence-corrected chi connectivity index (χ1v) is 10.5. The third-order valence-corrected chi connectivity index (χ3v) is 5.73. The Bertz CT molecular complexity index is 1360. The molecule has 10 heteroatoms. The van der Waals surface area contributed by atoms with Gasteiger partial charge in [-0.15, -0.1) is 0 Å². The number of amides is 2. The first-order chi connectivity index (χ1) is 17.1. The average Bonchev–Trinajstić information content (AvgIpc) is 3.20. The van der Waals surface area contributed by atoms with Crippen molar-refractivity contribution < 1.29 is 18.4 Å². The first kappa shape index (κ1) is 18.4. The number of aryl methyl sites for hydroxylation is 1. The second-order valence-electron chi connectivity index (χ2n) is 7.72. The third kappa shape index (κ3) is 4.17. The molecule has 170 valence electrons. The SMILES string of the molecule is [2H]C([2H])([2H])NC(=O)c1cnc(NC(=O)C2CC(C#N)C2)cc1Nc1ccc2cnn(CC)c2c1OC. The van der Waals surface area contributed by atoms with Crippen molar-refractivity contribution in [2.45, 2.75) is 26.3 Å². The number of nitrogens with zero attached hydrogens (tertiary/aromatic N) is 4. The van der Waals surface area contributed by atoms with E-state index in [0.717, 1.165) is 10.9 Å². The number of rotatable bonds is 7. The van der Waals surface area contributed by atoms with E-state index in [1.165, 1.54) is 19.4 Å². The number of anilines is 3. The summed E-state index contributed by atoms with van der Waals surface area (Å²) in [7, 11) is 1.51. The quantitative estimate of drug-likeness (QED) is 0.504. The summed E-state index contributed by atoms with van der Waals surface area (Å²) < 4.78 is 29.6. The normalized spacial score (nSPS) is 18.8. The van der Waals surface area contributed by atoms with Crippen LogP contribution < -0.4 is 20.7 Å². The zero-order chi connectivity index (χ0) is 26.0. The molecular weight excluding hydrogens is 422 g/mol. The number of benzene rings is 1. The van der Waals surface area contributed by atoms with Crippen LogP contribution >= 0.6 is 0 Å². The number of aromatic nitrogens is 3. The van der Waals surface area contributed by atoms with Crippen molar-refractivity contribution in [2.24, 2.45) is 11.8 Å². The summed E-state index contributed by atoms with van der Waals surface area (Å²) in [5.41, 5.74) is 1.43. The standard InChI is InChI=1S/C23H25N7O3/c1-4-30-20-14(11-27-30)5-6-17(21(20)33-3)28-18-9-19(26-12-16(18)23(32)25-2)29-22(31)15-7-13(8-15)10-24/h5-6,9,11-13,15H,4,7-8H2,1-3H3,(H,25,32)(H2,26,28,29,31)/i2D3. The maximum atomic E-state index is 12.7. The van der Waals surface area contributed by atoms with E-state index in [-0.39, 0.29) is 34.8 Å². The van der Waals surface area contributed by atoms with E-state index in [2.05, 4.69) is 26.8 Å². The van der Waals surface area contributed by atoms with Gasteiger partial charge in [0.05, 0.1) is 36.3 Å². The minimum absolute atomic E-state index is 0.0385. The minimum atomic E-state index is -2.70. The molecular formula is C23H25N7O3. The zero-order valence-corrected chi connectivity index (χ0v) is 18.2. The van der Waals surface area contributed by atoms with Gasteiger partial charge in [0.2, 0.25) is 5.91 Å². The Morgan fingerprint density at radius 1 is 1.33 bits per heavy atom. The summed E-state index contributed by atoms with van der Waals surface area (Å²) in [6.45, 7) is -0.149. The minimum Gasteiger partial charge on any atom is -0.492 e. The van der Waals surface area contributed by atoms with Gasteiger partial charge in [-0.3, -0.25) is 14.3 Å². The number of methoxy groups -OCH3 is 1. The number of pyridine rings is 1. The van der Waals surface area contributed by atoms with Gasteiger partial charge in [-0.25, -0.2) is 4.98 Å². The van der Waals surface area contributed by atoms with Crippen LogP contribution in [0.4, 0.5) is 17.2 Å². The fourth-order valence-corrected chi connectivity index (χ4v) is 3.88. The number of hydrogen-bond donors (Lipinski definition) is 3. The number of fused-ring (bicyclic) bond motifs is 1. The molecule has 0 bridgehead atoms. The van der Waals surface area contributed by atoms with Crippen molar-refractivity contribution in [1.29, 1.82) is 5.26 Å². The van der Waals surface area contributed by atoms with Crippen LogP contribution in [-0.2, 0) is 11.3 Å². The zero-order valence-electron chi connectivity index (χ0n) is 21.2. The molecule has 0 spiro atoms. The Balaban J connectivity index is 1.70. The van der Waals surface area contributed by atoms with E-state index in [1.54, 1.807) is 16.9 Å². The number of carbonyl (C=O) groups is 2. The molecule has 2 heterocycles. The predicted molar refractivity (Wildman–Crippen MR) is 123 cm³/mol. The van der Waals surface area contributed by atoms with Gasteiger partial charge in [-0.2, -0.15) is 10.4 Å². The molecule has 0 atom stereocenters. The highest BCUT2D eigenvalue weighted by Crippen LogP contribution is 2.37. The van der Waals surface area contributed by atoms with Crippen molar-refractivity contribution in [3.63, 3.8) is 0 Å². The van der Waals surface area contributed by atoms with E-state index in [9.17, 15) is 9.59 Å². The molecule has 33 heavy (non-hydrogen) atoms. The van der Waals surface area contributed by atoms with Gasteiger partial charge in [-0.1, -0.05) is 0 Å². The van der Waals surface area contributed by atoms with Crippen molar-refractivity contribution in [3.05, 3.63) is 36.2 Å². The van der Waals surface area contributed by atoms with E-state index in [1.807, 2.05) is 18.3 Å². The van der Waals surface area contributed by atoms with E-state index in [4.69, 9.17) is 14.1 Å². The van der Waals surface area contributed by atoms with Gasteiger partial charge in [0, 0.05) is 47.1 Å². The van der Waals surface area contributed by atoms with Crippen LogP contribution in [-0.4, -0.2) is 40.7 Å². The molecule has 3 aromatic rings.